The Hall–Kier alpha value is -0.0400. The van der Waals surface area contributed by atoms with E-state index in [1.54, 1.807) is 0 Å². The summed E-state index contributed by atoms with van der Waals surface area (Å²) >= 11 is 0. The summed E-state index contributed by atoms with van der Waals surface area (Å²) in [6, 6.07) is 0. The van der Waals surface area contributed by atoms with Crippen LogP contribution >= 0.6 is 0 Å². The lowest BCUT2D eigenvalue weighted by Crippen LogP contribution is -2.49. The molecule has 16 heavy (non-hydrogen) atoms. The van der Waals surface area contributed by atoms with Crippen molar-refractivity contribution >= 4 is 0 Å². The lowest BCUT2D eigenvalue weighted by atomic mass is 9.65. The molecule has 0 bridgehead atoms. The highest BCUT2D eigenvalue weighted by molar-refractivity contribution is 4.95. The Morgan fingerprint density at radius 3 is 2.00 bits per heavy atom. The first-order valence-corrected chi connectivity index (χ1v) is 7.41. The van der Waals surface area contributed by atoms with Gasteiger partial charge in [0.15, 0.2) is 0 Å². The molecule has 2 aliphatic carbocycles. The minimum absolute atomic E-state index is 0.222. The zero-order valence-corrected chi connectivity index (χ0v) is 11.2. The largest absolute Gasteiger partial charge is 0.325 e. The van der Waals surface area contributed by atoms with Crippen molar-refractivity contribution in [3.8, 4) is 0 Å². The lowest BCUT2D eigenvalue weighted by molar-refractivity contribution is 0.119. The molecule has 2 N–H and O–H groups in total. The summed E-state index contributed by atoms with van der Waals surface area (Å²) in [5.41, 5.74) is 6.88. The summed E-state index contributed by atoms with van der Waals surface area (Å²) in [4.78, 5) is 0. The third-order valence-electron chi connectivity index (χ3n) is 5.31. The molecule has 0 atom stereocenters. The third kappa shape index (κ3) is 2.61. The predicted molar refractivity (Wildman–Crippen MR) is 70.3 cm³/mol. The van der Waals surface area contributed by atoms with Crippen molar-refractivity contribution < 1.29 is 0 Å². The topological polar surface area (TPSA) is 26.0 Å². The molecule has 0 aromatic carbocycles. The molecule has 0 aromatic heterocycles. The van der Waals surface area contributed by atoms with Crippen molar-refractivity contribution in [3.05, 3.63) is 0 Å². The number of hydrogen-bond acceptors (Lipinski definition) is 1. The predicted octanol–water partition coefficient (Wildman–Crippen LogP) is 4.11. The smallest absolute Gasteiger partial charge is 0.0182 e. The molecule has 2 rings (SSSR count). The first-order valence-electron chi connectivity index (χ1n) is 7.41. The van der Waals surface area contributed by atoms with Crippen molar-refractivity contribution in [2.75, 3.05) is 0 Å². The Kier molecular flexibility index (Phi) is 3.94. The molecule has 0 heterocycles. The second kappa shape index (κ2) is 5.08. The molecule has 2 aliphatic rings. The maximum Gasteiger partial charge on any atom is 0.0182 e. The van der Waals surface area contributed by atoms with Crippen molar-refractivity contribution in [2.45, 2.75) is 77.2 Å². The third-order valence-corrected chi connectivity index (χ3v) is 5.31. The van der Waals surface area contributed by atoms with Crippen LogP contribution < -0.4 is 5.73 Å². The fraction of sp³-hybridized carbons (Fsp3) is 1.00. The molecule has 1 nitrogen and oxygen atoms in total. The van der Waals surface area contributed by atoms with Crippen molar-refractivity contribution in [1.82, 2.24) is 0 Å². The van der Waals surface area contributed by atoms with Crippen LogP contribution in [0.25, 0.3) is 0 Å². The van der Waals surface area contributed by atoms with Crippen LogP contribution in [0, 0.1) is 17.8 Å². The first-order chi connectivity index (χ1) is 7.62. The standard InChI is InChI=1S/C15H29N/c1-12(2)13-6-8-14(9-7-13)15(16)10-4-3-5-11-15/h12-14H,3-11,16H2,1-2H3. The van der Waals surface area contributed by atoms with Gasteiger partial charge < -0.3 is 5.73 Å². The van der Waals surface area contributed by atoms with Crippen LogP contribution in [0.5, 0.6) is 0 Å². The summed E-state index contributed by atoms with van der Waals surface area (Å²) in [5.74, 6) is 2.69. The van der Waals surface area contributed by atoms with Gasteiger partial charge in [0.05, 0.1) is 0 Å². The Morgan fingerprint density at radius 1 is 0.938 bits per heavy atom. The molecule has 0 saturated heterocycles. The van der Waals surface area contributed by atoms with E-state index >= 15 is 0 Å². The van der Waals surface area contributed by atoms with Crippen LogP contribution in [0.4, 0.5) is 0 Å². The zero-order valence-electron chi connectivity index (χ0n) is 11.2. The quantitative estimate of drug-likeness (QED) is 0.749. The van der Waals surface area contributed by atoms with E-state index in [9.17, 15) is 0 Å². The Morgan fingerprint density at radius 2 is 1.50 bits per heavy atom. The van der Waals surface area contributed by atoms with Gasteiger partial charge in [-0.1, -0.05) is 33.1 Å². The molecule has 0 spiro atoms. The van der Waals surface area contributed by atoms with Gasteiger partial charge in [-0.2, -0.15) is 0 Å². The molecule has 2 fully saturated rings. The van der Waals surface area contributed by atoms with E-state index in [0.29, 0.717) is 0 Å². The average Bonchev–Trinajstić information content (AvgIpc) is 2.30. The van der Waals surface area contributed by atoms with Crippen molar-refractivity contribution in [1.29, 1.82) is 0 Å². The lowest BCUT2D eigenvalue weighted by Gasteiger charge is -2.44. The van der Waals surface area contributed by atoms with Gasteiger partial charge >= 0.3 is 0 Å². The highest BCUT2D eigenvalue weighted by Crippen LogP contribution is 2.42. The fourth-order valence-electron chi connectivity index (χ4n) is 3.98. The van der Waals surface area contributed by atoms with Gasteiger partial charge in [-0.25, -0.2) is 0 Å². The van der Waals surface area contributed by atoms with Gasteiger partial charge in [-0.15, -0.1) is 0 Å². The second-order valence-electron chi connectivity index (χ2n) is 6.65. The van der Waals surface area contributed by atoms with E-state index in [2.05, 4.69) is 13.8 Å². The summed E-state index contributed by atoms with van der Waals surface area (Å²) in [5, 5.41) is 0. The molecule has 0 aliphatic heterocycles. The van der Waals surface area contributed by atoms with Crippen LogP contribution in [-0.2, 0) is 0 Å². The summed E-state index contributed by atoms with van der Waals surface area (Å²) < 4.78 is 0. The van der Waals surface area contributed by atoms with Crippen LogP contribution in [0.15, 0.2) is 0 Å². The van der Waals surface area contributed by atoms with Gasteiger partial charge in [0.1, 0.15) is 0 Å². The van der Waals surface area contributed by atoms with Crippen LogP contribution in [0.1, 0.15) is 71.6 Å². The van der Waals surface area contributed by atoms with E-state index in [0.717, 1.165) is 17.8 Å². The maximum atomic E-state index is 6.66. The molecular formula is C15H29N. The Labute approximate surface area is 101 Å². The van der Waals surface area contributed by atoms with Crippen LogP contribution in [0.2, 0.25) is 0 Å². The second-order valence-corrected chi connectivity index (χ2v) is 6.65. The van der Waals surface area contributed by atoms with Gasteiger partial charge in [-0.3, -0.25) is 0 Å². The van der Waals surface area contributed by atoms with E-state index < -0.39 is 0 Å². The summed E-state index contributed by atoms with van der Waals surface area (Å²) in [7, 11) is 0. The summed E-state index contributed by atoms with van der Waals surface area (Å²) in [6.45, 7) is 4.76. The fourth-order valence-corrected chi connectivity index (χ4v) is 3.98. The average molecular weight is 223 g/mol. The highest BCUT2D eigenvalue weighted by atomic mass is 14.8. The van der Waals surface area contributed by atoms with Gasteiger partial charge in [-0.05, 0) is 56.3 Å². The minimum Gasteiger partial charge on any atom is -0.325 e. The maximum absolute atomic E-state index is 6.66. The minimum atomic E-state index is 0.222. The zero-order chi connectivity index (χ0) is 11.6. The number of rotatable bonds is 2. The molecule has 0 aromatic rings. The molecule has 94 valence electrons. The SMILES string of the molecule is CC(C)C1CCC(C2(N)CCCCC2)CC1. The van der Waals surface area contributed by atoms with Gasteiger partial charge in [0.2, 0.25) is 0 Å². The normalized spacial score (nSPS) is 35.2. The monoisotopic (exact) mass is 223 g/mol. The van der Waals surface area contributed by atoms with Crippen molar-refractivity contribution in [2.24, 2.45) is 23.5 Å². The Balaban J connectivity index is 1.88. The van der Waals surface area contributed by atoms with E-state index in [1.807, 2.05) is 0 Å². The van der Waals surface area contributed by atoms with Gasteiger partial charge in [0, 0.05) is 5.54 Å². The molecule has 0 amide bonds. The molecule has 0 radical (unpaired) electrons. The summed E-state index contributed by atoms with van der Waals surface area (Å²) in [6.07, 6.45) is 12.4. The number of nitrogens with two attached hydrogens (primary N) is 1. The highest BCUT2D eigenvalue weighted by Gasteiger charge is 2.38. The molecule has 2 saturated carbocycles. The van der Waals surface area contributed by atoms with E-state index in [4.69, 9.17) is 5.73 Å². The number of hydrogen-bond donors (Lipinski definition) is 1. The van der Waals surface area contributed by atoms with Crippen molar-refractivity contribution in [3.63, 3.8) is 0 Å². The van der Waals surface area contributed by atoms with Gasteiger partial charge in [0.25, 0.3) is 0 Å². The Bertz CT molecular complexity index is 207. The van der Waals surface area contributed by atoms with E-state index in [-0.39, 0.29) is 5.54 Å². The van der Waals surface area contributed by atoms with Crippen LogP contribution in [-0.4, -0.2) is 5.54 Å². The first kappa shape index (κ1) is 12.4. The van der Waals surface area contributed by atoms with E-state index in [1.165, 1.54) is 57.8 Å². The molecule has 1 heteroatoms. The molecular weight excluding hydrogens is 194 g/mol. The molecule has 0 unspecified atom stereocenters. The van der Waals surface area contributed by atoms with Crippen LogP contribution in [0.3, 0.4) is 0 Å².